The monoisotopic (exact) mass is 241 g/mol. The van der Waals surface area contributed by atoms with Crippen molar-refractivity contribution >= 4 is 5.91 Å². The van der Waals surface area contributed by atoms with Crippen LogP contribution in [-0.2, 0) is 4.79 Å². The van der Waals surface area contributed by atoms with Gasteiger partial charge in [0.25, 0.3) is 0 Å². The van der Waals surface area contributed by atoms with E-state index < -0.39 is 5.54 Å². The predicted molar refractivity (Wildman–Crippen MR) is 70.8 cm³/mol. The van der Waals surface area contributed by atoms with E-state index in [0.717, 1.165) is 0 Å². The van der Waals surface area contributed by atoms with Crippen LogP contribution in [-0.4, -0.2) is 43.0 Å². The van der Waals surface area contributed by atoms with E-state index in [1.165, 1.54) is 38.5 Å². The quantitative estimate of drug-likeness (QED) is 0.709. The molecular weight excluding hydrogens is 214 g/mol. The number of primary amides is 1. The second-order valence-electron chi connectivity index (χ2n) is 5.51. The normalized spacial score (nSPS) is 22.1. The zero-order valence-electron chi connectivity index (χ0n) is 11.5. The maximum atomic E-state index is 11.5. The minimum Gasteiger partial charge on any atom is -0.368 e. The highest BCUT2D eigenvalue weighted by molar-refractivity contribution is 5.84. The SMILES string of the molecule is CNC(C)(CN(C)C1CCCCCC1)C(N)=O. The molecule has 0 aliphatic heterocycles. The molecule has 0 saturated heterocycles. The van der Waals surface area contributed by atoms with Gasteiger partial charge in [0.15, 0.2) is 0 Å². The molecule has 1 rings (SSSR count). The molecule has 1 atom stereocenters. The van der Waals surface area contributed by atoms with Gasteiger partial charge < -0.3 is 16.0 Å². The molecule has 1 aliphatic rings. The van der Waals surface area contributed by atoms with Crippen LogP contribution in [0.25, 0.3) is 0 Å². The minimum atomic E-state index is -0.624. The average Bonchev–Trinajstić information content (AvgIpc) is 2.57. The first-order chi connectivity index (χ1) is 7.99. The van der Waals surface area contributed by atoms with Crippen molar-refractivity contribution in [3.63, 3.8) is 0 Å². The first-order valence-corrected chi connectivity index (χ1v) is 6.68. The Bertz CT molecular complexity index is 249. The van der Waals surface area contributed by atoms with Crippen LogP contribution in [0.4, 0.5) is 0 Å². The summed E-state index contributed by atoms with van der Waals surface area (Å²) in [5.41, 5.74) is 4.84. The van der Waals surface area contributed by atoms with Crippen LogP contribution in [0.15, 0.2) is 0 Å². The van der Waals surface area contributed by atoms with E-state index in [0.29, 0.717) is 12.6 Å². The van der Waals surface area contributed by atoms with Gasteiger partial charge in [-0.1, -0.05) is 25.7 Å². The van der Waals surface area contributed by atoms with E-state index in [-0.39, 0.29) is 5.91 Å². The second-order valence-corrected chi connectivity index (χ2v) is 5.51. The number of likely N-dealkylation sites (N-methyl/N-ethyl adjacent to an activating group) is 2. The summed E-state index contributed by atoms with van der Waals surface area (Å²) in [7, 11) is 3.90. The van der Waals surface area contributed by atoms with Crippen molar-refractivity contribution < 1.29 is 4.79 Å². The molecule has 0 aromatic heterocycles. The molecule has 3 N–H and O–H groups in total. The van der Waals surface area contributed by atoms with E-state index in [2.05, 4.69) is 17.3 Å². The summed E-state index contributed by atoms with van der Waals surface area (Å²) in [5, 5.41) is 3.05. The van der Waals surface area contributed by atoms with Crippen LogP contribution in [0.2, 0.25) is 0 Å². The van der Waals surface area contributed by atoms with Gasteiger partial charge in [0, 0.05) is 12.6 Å². The van der Waals surface area contributed by atoms with Crippen LogP contribution < -0.4 is 11.1 Å². The zero-order chi connectivity index (χ0) is 12.9. The van der Waals surface area contributed by atoms with E-state index in [1.54, 1.807) is 7.05 Å². The van der Waals surface area contributed by atoms with Gasteiger partial charge in [-0.05, 0) is 33.9 Å². The average molecular weight is 241 g/mol. The molecule has 0 radical (unpaired) electrons. The summed E-state index contributed by atoms with van der Waals surface area (Å²) in [6, 6.07) is 0.601. The summed E-state index contributed by atoms with van der Waals surface area (Å²) in [6.07, 6.45) is 7.81. The van der Waals surface area contributed by atoms with Crippen LogP contribution in [0.5, 0.6) is 0 Å². The molecule has 100 valence electrons. The molecule has 0 bridgehead atoms. The standard InChI is InChI=1S/C13H27N3O/c1-13(15-2,12(14)17)10-16(3)11-8-6-4-5-7-9-11/h11,15H,4-10H2,1-3H3,(H2,14,17). The molecule has 17 heavy (non-hydrogen) atoms. The van der Waals surface area contributed by atoms with Crippen molar-refractivity contribution in [3.8, 4) is 0 Å². The summed E-state index contributed by atoms with van der Waals surface area (Å²) in [5.74, 6) is -0.277. The molecule has 0 spiro atoms. The van der Waals surface area contributed by atoms with Crippen molar-refractivity contribution in [2.75, 3.05) is 20.6 Å². The molecule has 4 nitrogen and oxygen atoms in total. The van der Waals surface area contributed by atoms with Gasteiger partial charge in [0.1, 0.15) is 5.54 Å². The minimum absolute atomic E-state index is 0.277. The van der Waals surface area contributed by atoms with Gasteiger partial charge in [-0.2, -0.15) is 0 Å². The maximum absolute atomic E-state index is 11.5. The number of nitrogens with two attached hydrogens (primary N) is 1. The summed E-state index contributed by atoms with van der Waals surface area (Å²) >= 11 is 0. The van der Waals surface area contributed by atoms with Crippen molar-refractivity contribution in [1.82, 2.24) is 10.2 Å². The fourth-order valence-corrected chi connectivity index (χ4v) is 2.61. The fraction of sp³-hybridized carbons (Fsp3) is 0.923. The van der Waals surface area contributed by atoms with Crippen LogP contribution in [0.1, 0.15) is 45.4 Å². The number of hydrogen-bond acceptors (Lipinski definition) is 3. The first-order valence-electron chi connectivity index (χ1n) is 6.68. The molecule has 1 saturated carbocycles. The molecule has 4 heteroatoms. The lowest BCUT2D eigenvalue weighted by Gasteiger charge is -2.35. The highest BCUT2D eigenvalue weighted by Gasteiger charge is 2.32. The third-order valence-corrected chi connectivity index (χ3v) is 4.11. The number of carbonyl (C=O) groups is 1. The van der Waals surface area contributed by atoms with Crippen LogP contribution >= 0.6 is 0 Å². The van der Waals surface area contributed by atoms with Gasteiger partial charge in [-0.15, -0.1) is 0 Å². The Balaban J connectivity index is 2.56. The topological polar surface area (TPSA) is 58.4 Å². The van der Waals surface area contributed by atoms with Crippen LogP contribution in [0, 0.1) is 0 Å². The Kier molecular flexibility index (Phi) is 5.40. The van der Waals surface area contributed by atoms with Crippen molar-refractivity contribution in [3.05, 3.63) is 0 Å². The second kappa shape index (κ2) is 6.36. The van der Waals surface area contributed by atoms with Crippen molar-refractivity contribution in [1.29, 1.82) is 0 Å². The summed E-state index contributed by atoms with van der Waals surface area (Å²) in [6.45, 7) is 2.56. The number of nitrogens with zero attached hydrogens (tertiary/aromatic N) is 1. The number of carbonyl (C=O) groups excluding carboxylic acids is 1. The third kappa shape index (κ3) is 3.96. The van der Waals surface area contributed by atoms with Crippen molar-refractivity contribution in [2.45, 2.75) is 57.0 Å². The molecule has 1 amide bonds. The molecule has 0 heterocycles. The Hall–Kier alpha value is -0.610. The summed E-state index contributed by atoms with van der Waals surface area (Å²) in [4.78, 5) is 13.8. The van der Waals surface area contributed by atoms with E-state index in [9.17, 15) is 4.79 Å². The Labute approximate surface area is 105 Å². The maximum Gasteiger partial charge on any atom is 0.238 e. The van der Waals surface area contributed by atoms with E-state index in [1.807, 2.05) is 6.92 Å². The smallest absolute Gasteiger partial charge is 0.238 e. The lowest BCUT2D eigenvalue weighted by Crippen LogP contribution is -2.59. The number of nitrogens with one attached hydrogen (secondary N) is 1. The van der Waals surface area contributed by atoms with Gasteiger partial charge in [0.05, 0.1) is 0 Å². The molecule has 0 aromatic rings. The predicted octanol–water partition coefficient (Wildman–Crippen LogP) is 1.10. The number of hydrogen-bond donors (Lipinski definition) is 2. The Morgan fingerprint density at radius 2 is 1.88 bits per heavy atom. The highest BCUT2D eigenvalue weighted by Crippen LogP contribution is 2.22. The van der Waals surface area contributed by atoms with Crippen molar-refractivity contribution in [2.24, 2.45) is 5.73 Å². The lowest BCUT2D eigenvalue weighted by atomic mass is 9.99. The molecular formula is C13H27N3O. The van der Waals surface area contributed by atoms with Crippen LogP contribution in [0.3, 0.4) is 0 Å². The van der Waals surface area contributed by atoms with Gasteiger partial charge >= 0.3 is 0 Å². The largest absolute Gasteiger partial charge is 0.368 e. The van der Waals surface area contributed by atoms with E-state index >= 15 is 0 Å². The third-order valence-electron chi connectivity index (χ3n) is 4.11. The molecule has 1 aliphatic carbocycles. The lowest BCUT2D eigenvalue weighted by molar-refractivity contribution is -0.124. The van der Waals surface area contributed by atoms with Gasteiger partial charge in [-0.25, -0.2) is 0 Å². The highest BCUT2D eigenvalue weighted by atomic mass is 16.1. The fourth-order valence-electron chi connectivity index (χ4n) is 2.61. The zero-order valence-corrected chi connectivity index (χ0v) is 11.5. The molecule has 0 aromatic carbocycles. The number of amides is 1. The first kappa shape index (κ1) is 14.5. The Morgan fingerprint density at radius 1 is 1.35 bits per heavy atom. The van der Waals surface area contributed by atoms with Gasteiger partial charge in [-0.3, -0.25) is 4.79 Å². The Morgan fingerprint density at radius 3 is 2.29 bits per heavy atom. The van der Waals surface area contributed by atoms with E-state index in [4.69, 9.17) is 5.73 Å². The van der Waals surface area contributed by atoms with Gasteiger partial charge in [0.2, 0.25) is 5.91 Å². The summed E-state index contributed by atoms with van der Waals surface area (Å²) < 4.78 is 0. The number of rotatable bonds is 5. The molecule has 1 fully saturated rings. The molecule has 1 unspecified atom stereocenters.